The second-order valence-corrected chi connectivity index (χ2v) is 5.50. The molecule has 0 atom stereocenters. The summed E-state index contributed by atoms with van der Waals surface area (Å²) in [7, 11) is 3.62. The van der Waals surface area contributed by atoms with E-state index in [0.717, 1.165) is 17.1 Å². The second kappa shape index (κ2) is 6.04. The third-order valence-electron chi connectivity index (χ3n) is 3.62. The SMILES string of the molecule is Cc1cccc(-n2cc(C(=O)N(C)Cc3nccn3C)nn2)c1. The van der Waals surface area contributed by atoms with Crippen LogP contribution in [0.3, 0.4) is 0 Å². The predicted molar refractivity (Wildman–Crippen MR) is 85.1 cm³/mol. The fourth-order valence-electron chi connectivity index (χ4n) is 2.29. The normalized spacial score (nSPS) is 10.7. The van der Waals surface area contributed by atoms with Gasteiger partial charge in [-0.15, -0.1) is 5.10 Å². The number of aromatic nitrogens is 5. The fraction of sp³-hybridized carbons (Fsp3) is 0.250. The molecule has 0 fully saturated rings. The Hall–Kier alpha value is -2.96. The number of carbonyl (C=O) groups excluding carboxylic acids is 1. The van der Waals surface area contributed by atoms with Gasteiger partial charge in [0.25, 0.3) is 5.91 Å². The lowest BCUT2D eigenvalue weighted by Crippen LogP contribution is -2.27. The summed E-state index contributed by atoms with van der Waals surface area (Å²) >= 11 is 0. The molecule has 0 spiro atoms. The first-order valence-corrected chi connectivity index (χ1v) is 7.25. The van der Waals surface area contributed by atoms with E-state index in [4.69, 9.17) is 0 Å². The molecule has 0 N–H and O–H groups in total. The van der Waals surface area contributed by atoms with E-state index in [-0.39, 0.29) is 5.91 Å². The van der Waals surface area contributed by atoms with Crippen LogP contribution in [-0.2, 0) is 13.6 Å². The van der Waals surface area contributed by atoms with Gasteiger partial charge in [-0.3, -0.25) is 4.79 Å². The summed E-state index contributed by atoms with van der Waals surface area (Å²) in [5, 5.41) is 8.03. The molecule has 0 saturated heterocycles. The number of imidazole rings is 1. The molecule has 2 heterocycles. The predicted octanol–water partition coefficient (Wildman–Crippen LogP) is 1.58. The van der Waals surface area contributed by atoms with Gasteiger partial charge < -0.3 is 9.47 Å². The number of hydrogen-bond donors (Lipinski definition) is 0. The van der Waals surface area contributed by atoms with Crippen molar-refractivity contribution < 1.29 is 4.79 Å². The average molecular weight is 310 g/mol. The van der Waals surface area contributed by atoms with E-state index in [2.05, 4.69) is 15.3 Å². The summed E-state index contributed by atoms with van der Waals surface area (Å²) in [6, 6.07) is 7.86. The van der Waals surface area contributed by atoms with Gasteiger partial charge in [-0.2, -0.15) is 0 Å². The third-order valence-corrected chi connectivity index (χ3v) is 3.62. The first-order valence-electron chi connectivity index (χ1n) is 7.25. The molecule has 118 valence electrons. The lowest BCUT2D eigenvalue weighted by atomic mass is 10.2. The largest absolute Gasteiger partial charge is 0.337 e. The van der Waals surface area contributed by atoms with Crippen LogP contribution in [0.4, 0.5) is 0 Å². The van der Waals surface area contributed by atoms with Gasteiger partial charge in [-0.25, -0.2) is 9.67 Å². The summed E-state index contributed by atoms with van der Waals surface area (Å²) in [5.41, 5.74) is 2.31. The van der Waals surface area contributed by atoms with E-state index in [1.54, 1.807) is 29.0 Å². The van der Waals surface area contributed by atoms with Crippen LogP contribution in [0.25, 0.3) is 5.69 Å². The Labute approximate surface area is 134 Å². The first kappa shape index (κ1) is 15.0. The van der Waals surface area contributed by atoms with Gasteiger partial charge in [0.2, 0.25) is 0 Å². The van der Waals surface area contributed by atoms with Crippen LogP contribution in [0.2, 0.25) is 0 Å². The van der Waals surface area contributed by atoms with Crippen LogP contribution >= 0.6 is 0 Å². The van der Waals surface area contributed by atoms with Crippen molar-refractivity contribution in [3.8, 4) is 5.69 Å². The molecule has 7 nitrogen and oxygen atoms in total. The molecule has 1 amide bonds. The number of hydrogen-bond acceptors (Lipinski definition) is 4. The molecule has 0 unspecified atom stereocenters. The molecule has 0 aliphatic rings. The molecule has 0 aliphatic carbocycles. The Morgan fingerprint density at radius 3 is 2.87 bits per heavy atom. The topological polar surface area (TPSA) is 68.8 Å². The van der Waals surface area contributed by atoms with Crippen molar-refractivity contribution in [3.05, 3.63) is 59.9 Å². The van der Waals surface area contributed by atoms with Gasteiger partial charge in [0.1, 0.15) is 5.82 Å². The minimum absolute atomic E-state index is 0.188. The van der Waals surface area contributed by atoms with E-state index < -0.39 is 0 Å². The van der Waals surface area contributed by atoms with Gasteiger partial charge in [0, 0.05) is 26.5 Å². The monoisotopic (exact) mass is 310 g/mol. The molecule has 0 saturated carbocycles. The number of carbonyl (C=O) groups is 1. The maximum Gasteiger partial charge on any atom is 0.276 e. The van der Waals surface area contributed by atoms with Crippen LogP contribution in [0.1, 0.15) is 21.9 Å². The Bertz CT molecular complexity index is 834. The highest BCUT2D eigenvalue weighted by atomic mass is 16.2. The maximum absolute atomic E-state index is 12.5. The quantitative estimate of drug-likeness (QED) is 0.733. The number of amides is 1. The van der Waals surface area contributed by atoms with E-state index >= 15 is 0 Å². The zero-order valence-corrected chi connectivity index (χ0v) is 13.3. The molecular formula is C16H18N6O. The lowest BCUT2D eigenvalue weighted by molar-refractivity contribution is 0.0774. The van der Waals surface area contributed by atoms with E-state index in [0.29, 0.717) is 12.2 Å². The summed E-state index contributed by atoms with van der Waals surface area (Å²) < 4.78 is 3.49. The molecule has 0 bridgehead atoms. The Morgan fingerprint density at radius 2 is 2.17 bits per heavy atom. The Morgan fingerprint density at radius 1 is 1.35 bits per heavy atom. The van der Waals surface area contributed by atoms with Crippen molar-refractivity contribution in [2.75, 3.05) is 7.05 Å². The molecule has 1 aromatic carbocycles. The van der Waals surface area contributed by atoms with Crippen molar-refractivity contribution in [2.24, 2.45) is 7.05 Å². The smallest absolute Gasteiger partial charge is 0.276 e. The molecule has 0 radical (unpaired) electrons. The van der Waals surface area contributed by atoms with Gasteiger partial charge in [-0.05, 0) is 24.6 Å². The van der Waals surface area contributed by atoms with Gasteiger partial charge in [0.15, 0.2) is 5.69 Å². The van der Waals surface area contributed by atoms with Gasteiger partial charge >= 0.3 is 0 Å². The standard InChI is InChI=1S/C16H18N6O/c1-12-5-4-6-13(9-12)22-10-14(18-19-22)16(23)21(3)11-15-17-7-8-20(15)2/h4-10H,11H2,1-3H3. The zero-order chi connectivity index (χ0) is 16.4. The summed E-state index contributed by atoms with van der Waals surface area (Å²) in [4.78, 5) is 18.3. The van der Waals surface area contributed by atoms with Gasteiger partial charge in [-0.1, -0.05) is 17.3 Å². The van der Waals surface area contributed by atoms with E-state index in [9.17, 15) is 4.79 Å². The number of nitrogens with zero attached hydrogens (tertiary/aromatic N) is 6. The molecule has 2 aromatic heterocycles. The summed E-state index contributed by atoms with van der Waals surface area (Å²) in [6.45, 7) is 2.42. The summed E-state index contributed by atoms with van der Waals surface area (Å²) in [5.74, 6) is 0.624. The Balaban J connectivity index is 1.77. The van der Waals surface area contributed by atoms with E-state index in [1.165, 1.54) is 0 Å². The minimum atomic E-state index is -0.188. The lowest BCUT2D eigenvalue weighted by Gasteiger charge is -2.15. The van der Waals surface area contributed by atoms with Crippen LogP contribution in [0.5, 0.6) is 0 Å². The molecule has 23 heavy (non-hydrogen) atoms. The van der Waals surface area contributed by atoms with Gasteiger partial charge in [0.05, 0.1) is 18.4 Å². The van der Waals surface area contributed by atoms with Crippen molar-refractivity contribution >= 4 is 5.91 Å². The van der Waals surface area contributed by atoms with Crippen LogP contribution in [0, 0.1) is 6.92 Å². The third kappa shape index (κ3) is 3.13. The number of aryl methyl sites for hydroxylation is 2. The highest BCUT2D eigenvalue weighted by molar-refractivity contribution is 5.91. The van der Waals surface area contributed by atoms with Crippen molar-refractivity contribution in [1.82, 2.24) is 29.4 Å². The van der Waals surface area contributed by atoms with Crippen molar-refractivity contribution in [1.29, 1.82) is 0 Å². The maximum atomic E-state index is 12.5. The van der Waals surface area contributed by atoms with Crippen LogP contribution in [0.15, 0.2) is 42.9 Å². The molecule has 3 rings (SSSR count). The minimum Gasteiger partial charge on any atom is -0.337 e. The van der Waals surface area contributed by atoms with E-state index in [1.807, 2.05) is 49.0 Å². The zero-order valence-electron chi connectivity index (χ0n) is 13.3. The van der Waals surface area contributed by atoms with Crippen LogP contribution in [-0.4, -0.2) is 42.4 Å². The van der Waals surface area contributed by atoms with Crippen molar-refractivity contribution in [2.45, 2.75) is 13.5 Å². The molecule has 0 aliphatic heterocycles. The number of benzene rings is 1. The highest BCUT2D eigenvalue weighted by Crippen LogP contribution is 2.10. The first-order chi connectivity index (χ1) is 11.0. The molecule has 3 aromatic rings. The fourth-order valence-corrected chi connectivity index (χ4v) is 2.29. The second-order valence-electron chi connectivity index (χ2n) is 5.50. The van der Waals surface area contributed by atoms with Crippen LogP contribution < -0.4 is 0 Å². The highest BCUT2D eigenvalue weighted by Gasteiger charge is 2.17. The number of rotatable bonds is 4. The summed E-state index contributed by atoms with van der Waals surface area (Å²) in [6.07, 6.45) is 5.20. The average Bonchev–Trinajstić information content (AvgIpc) is 3.16. The molecular weight excluding hydrogens is 292 g/mol. The van der Waals surface area contributed by atoms with Crippen molar-refractivity contribution in [3.63, 3.8) is 0 Å². The molecule has 7 heteroatoms. The Kier molecular flexibility index (Phi) is 3.92.